The summed E-state index contributed by atoms with van der Waals surface area (Å²) < 4.78 is 6.71. The molecule has 0 fully saturated rings. The zero-order valence-corrected chi connectivity index (χ0v) is 21.0. The highest BCUT2D eigenvalue weighted by Gasteiger charge is 2.35. The SMILES string of the molecule is CCCn1c(SCC(=O)N2Cc3ccccc3CC2C(=O)OC)nc2sc3c(c2c1=O)CCC3. The number of benzene rings is 1. The number of thioether (sulfide) groups is 1. The number of aryl methyl sites for hydroxylation is 2. The minimum absolute atomic E-state index is 0.000496. The third kappa shape index (κ3) is 4.05. The molecule has 0 saturated carbocycles. The van der Waals surface area contributed by atoms with Gasteiger partial charge in [-0.15, -0.1) is 11.3 Å². The molecule has 1 aliphatic carbocycles. The highest BCUT2D eigenvalue weighted by atomic mass is 32.2. The molecule has 3 aromatic rings. The van der Waals surface area contributed by atoms with Gasteiger partial charge in [-0.3, -0.25) is 14.2 Å². The number of nitrogens with zero attached hydrogens (tertiary/aromatic N) is 3. The Morgan fingerprint density at radius 1 is 1.24 bits per heavy atom. The predicted molar refractivity (Wildman–Crippen MR) is 133 cm³/mol. The molecule has 2 aliphatic rings. The minimum Gasteiger partial charge on any atom is -0.467 e. The van der Waals surface area contributed by atoms with E-state index in [1.165, 1.54) is 29.3 Å². The summed E-state index contributed by atoms with van der Waals surface area (Å²) in [7, 11) is 1.35. The van der Waals surface area contributed by atoms with Gasteiger partial charge in [0, 0.05) is 24.4 Å². The number of ether oxygens (including phenoxy) is 1. The molecule has 1 atom stereocenters. The first-order valence-electron chi connectivity index (χ1n) is 11.6. The maximum Gasteiger partial charge on any atom is 0.328 e. The van der Waals surface area contributed by atoms with E-state index in [4.69, 9.17) is 9.72 Å². The molecule has 0 saturated heterocycles. The number of rotatable bonds is 6. The van der Waals surface area contributed by atoms with Crippen molar-refractivity contribution < 1.29 is 14.3 Å². The molecule has 3 heterocycles. The Labute approximate surface area is 206 Å². The van der Waals surface area contributed by atoms with Crippen LogP contribution < -0.4 is 5.56 Å². The molecular weight excluding hydrogens is 470 g/mol. The van der Waals surface area contributed by atoms with Crippen molar-refractivity contribution in [3.05, 3.63) is 56.2 Å². The summed E-state index contributed by atoms with van der Waals surface area (Å²) in [6.07, 6.45) is 4.28. The van der Waals surface area contributed by atoms with Crippen LogP contribution in [0.1, 0.15) is 41.3 Å². The normalized spacial score (nSPS) is 17.0. The van der Waals surface area contributed by atoms with Gasteiger partial charge in [-0.2, -0.15) is 0 Å². The average Bonchev–Trinajstić information content (AvgIpc) is 3.44. The second-order valence-corrected chi connectivity index (χ2v) is 10.7. The molecule has 0 bridgehead atoms. The van der Waals surface area contributed by atoms with Crippen LogP contribution in [0.3, 0.4) is 0 Å². The summed E-state index contributed by atoms with van der Waals surface area (Å²) in [5.41, 5.74) is 3.27. The van der Waals surface area contributed by atoms with Gasteiger partial charge in [0.25, 0.3) is 5.56 Å². The first-order chi connectivity index (χ1) is 16.5. The van der Waals surface area contributed by atoms with Crippen molar-refractivity contribution in [1.82, 2.24) is 14.5 Å². The van der Waals surface area contributed by atoms with E-state index in [1.807, 2.05) is 31.2 Å². The van der Waals surface area contributed by atoms with Crippen molar-refractivity contribution in [2.45, 2.75) is 63.3 Å². The number of carbonyl (C=O) groups excluding carboxylic acids is 2. The molecule has 178 valence electrons. The van der Waals surface area contributed by atoms with Gasteiger partial charge < -0.3 is 9.64 Å². The molecule has 1 amide bonds. The van der Waals surface area contributed by atoms with Crippen LogP contribution in [-0.2, 0) is 46.7 Å². The van der Waals surface area contributed by atoms with Crippen molar-refractivity contribution >= 4 is 45.2 Å². The van der Waals surface area contributed by atoms with E-state index in [1.54, 1.807) is 20.8 Å². The summed E-state index contributed by atoms with van der Waals surface area (Å²) in [5.74, 6) is -0.480. The van der Waals surface area contributed by atoms with Gasteiger partial charge in [-0.25, -0.2) is 9.78 Å². The van der Waals surface area contributed by atoms with Crippen LogP contribution in [0.4, 0.5) is 0 Å². The summed E-state index contributed by atoms with van der Waals surface area (Å²) in [4.78, 5) is 47.7. The average molecular weight is 498 g/mol. The fraction of sp³-hybridized carbons (Fsp3) is 0.440. The zero-order chi connectivity index (χ0) is 23.8. The zero-order valence-electron chi connectivity index (χ0n) is 19.3. The molecule has 0 radical (unpaired) electrons. The van der Waals surface area contributed by atoms with E-state index >= 15 is 0 Å². The number of aromatic nitrogens is 2. The molecule has 1 aromatic carbocycles. The summed E-state index contributed by atoms with van der Waals surface area (Å²) in [5, 5.41) is 1.33. The Balaban J connectivity index is 1.42. The number of fused-ring (bicyclic) bond motifs is 4. The van der Waals surface area contributed by atoms with E-state index in [0.29, 0.717) is 24.7 Å². The van der Waals surface area contributed by atoms with Gasteiger partial charge in [0.1, 0.15) is 10.9 Å². The lowest BCUT2D eigenvalue weighted by Gasteiger charge is -2.35. The number of esters is 1. The lowest BCUT2D eigenvalue weighted by atomic mass is 9.94. The monoisotopic (exact) mass is 497 g/mol. The standard InChI is InChI=1S/C25H27N3O4S2/c1-3-11-27-23(30)21-17-9-6-10-19(17)34-22(21)26-25(27)33-14-20(29)28-13-16-8-5-4-7-15(16)12-18(28)24(31)32-2/h4-5,7-8,18H,3,6,9-14H2,1-2H3. The highest BCUT2D eigenvalue weighted by molar-refractivity contribution is 7.99. The molecule has 7 nitrogen and oxygen atoms in total. The van der Waals surface area contributed by atoms with Gasteiger partial charge >= 0.3 is 5.97 Å². The highest BCUT2D eigenvalue weighted by Crippen LogP contribution is 2.36. The van der Waals surface area contributed by atoms with Crippen LogP contribution in [-0.4, -0.2) is 45.2 Å². The molecule has 2 aromatic heterocycles. The van der Waals surface area contributed by atoms with Gasteiger partial charge in [0.05, 0.1) is 18.2 Å². The molecule has 0 spiro atoms. The summed E-state index contributed by atoms with van der Waals surface area (Å²) in [6, 6.07) is 7.20. The maximum absolute atomic E-state index is 13.4. The van der Waals surface area contributed by atoms with E-state index in [2.05, 4.69) is 0 Å². The van der Waals surface area contributed by atoms with E-state index in [-0.39, 0.29) is 17.2 Å². The van der Waals surface area contributed by atoms with Gasteiger partial charge in [-0.05, 0) is 42.4 Å². The van der Waals surface area contributed by atoms with Crippen LogP contribution in [0.15, 0.2) is 34.2 Å². The van der Waals surface area contributed by atoms with Crippen LogP contribution in [0.25, 0.3) is 10.2 Å². The van der Waals surface area contributed by atoms with Crippen LogP contribution in [0.2, 0.25) is 0 Å². The second-order valence-electron chi connectivity index (χ2n) is 8.71. The smallest absolute Gasteiger partial charge is 0.328 e. The number of methoxy groups -OCH3 is 1. The molecule has 0 N–H and O–H groups in total. The molecule has 34 heavy (non-hydrogen) atoms. The third-order valence-corrected chi connectivity index (χ3v) is 8.75. The molecule has 5 rings (SSSR count). The van der Waals surface area contributed by atoms with Crippen molar-refractivity contribution in [3.63, 3.8) is 0 Å². The van der Waals surface area contributed by atoms with E-state index < -0.39 is 12.0 Å². The largest absolute Gasteiger partial charge is 0.467 e. The number of thiophene rings is 1. The summed E-state index contributed by atoms with van der Waals surface area (Å²) >= 11 is 2.89. The number of carbonyl (C=O) groups is 2. The van der Waals surface area contributed by atoms with E-state index in [0.717, 1.165) is 47.0 Å². The topological polar surface area (TPSA) is 81.5 Å². The Morgan fingerprint density at radius 3 is 2.79 bits per heavy atom. The fourth-order valence-electron chi connectivity index (χ4n) is 4.93. The maximum atomic E-state index is 13.4. The van der Waals surface area contributed by atoms with Crippen molar-refractivity contribution in [2.24, 2.45) is 0 Å². The lowest BCUT2D eigenvalue weighted by molar-refractivity contribution is -0.153. The van der Waals surface area contributed by atoms with Gasteiger partial charge in [0.2, 0.25) is 5.91 Å². The van der Waals surface area contributed by atoms with Crippen LogP contribution in [0, 0.1) is 0 Å². The van der Waals surface area contributed by atoms with Crippen LogP contribution in [0.5, 0.6) is 0 Å². The number of hydrogen-bond donors (Lipinski definition) is 0. The van der Waals surface area contributed by atoms with E-state index in [9.17, 15) is 14.4 Å². The Hall–Kier alpha value is -2.65. The Morgan fingerprint density at radius 2 is 2.03 bits per heavy atom. The first kappa shape index (κ1) is 23.1. The quantitative estimate of drug-likeness (QED) is 0.294. The minimum atomic E-state index is -0.651. The van der Waals surface area contributed by atoms with Crippen molar-refractivity contribution in [1.29, 1.82) is 0 Å². The predicted octanol–water partition coefficient (Wildman–Crippen LogP) is 3.58. The number of amides is 1. The van der Waals surface area contributed by atoms with Crippen molar-refractivity contribution in [3.8, 4) is 0 Å². The van der Waals surface area contributed by atoms with Gasteiger partial charge in [-0.1, -0.05) is 43.0 Å². The van der Waals surface area contributed by atoms with Crippen molar-refractivity contribution in [2.75, 3.05) is 12.9 Å². The second kappa shape index (κ2) is 9.54. The Kier molecular flexibility index (Phi) is 6.48. The molecule has 1 unspecified atom stereocenters. The number of hydrogen-bond acceptors (Lipinski definition) is 7. The molecule has 9 heteroatoms. The summed E-state index contributed by atoms with van der Waals surface area (Å²) in [6.45, 7) is 2.95. The van der Waals surface area contributed by atoms with Crippen LogP contribution >= 0.6 is 23.1 Å². The Bertz CT molecular complexity index is 1330. The lowest BCUT2D eigenvalue weighted by Crippen LogP contribution is -2.49. The first-order valence-corrected chi connectivity index (χ1v) is 13.4. The third-order valence-electron chi connectivity index (χ3n) is 6.60. The molecule has 1 aliphatic heterocycles. The fourth-order valence-corrected chi connectivity index (χ4v) is 7.14. The molecular formula is C25H27N3O4S2. The van der Waals surface area contributed by atoms with Gasteiger partial charge in [0.15, 0.2) is 5.16 Å².